The fraction of sp³-hybridized carbons (Fsp3) is 0.474. The van der Waals surface area contributed by atoms with Crippen molar-refractivity contribution in [2.75, 3.05) is 56.0 Å². The fourth-order valence-corrected chi connectivity index (χ4v) is 3.65. The highest BCUT2D eigenvalue weighted by Gasteiger charge is 2.26. The fourth-order valence-electron chi connectivity index (χ4n) is 3.65. The van der Waals surface area contributed by atoms with Gasteiger partial charge in [-0.1, -0.05) is 12.1 Å². The van der Waals surface area contributed by atoms with Gasteiger partial charge in [-0.15, -0.1) is 0 Å². The van der Waals surface area contributed by atoms with Gasteiger partial charge < -0.3 is 19.3 Å². The van der Waals surface area contributed by atoms with Gasteiger partial charge in [0.05, 0.1) is 30.9 Å². The zero-order chi connectivity index (χ0) is 20.5. The van der Waals surface area contributed by atoms with E-state index in [-0.39, 0.29) is 5.95 Å². The molecule has 4 heterocycles. The quantitative estimate of drug-likeness (QED) is 0.639. The van der Waals surface area contributed by atoms with Crippen LogP contribution in [0.3, 0.4) is 0 Å². The predicted octanol–water partition coefficient (Wildman–Crippen LogP) is 2.17. The maximum Gasteiger partial charge on any atom is 0.296 e. The van der Waals surface area contributed by atoms with E-state index in [9.17, 15) is 8.78 Å². The molecule has 2 aliphatic heterocycles. The number of benzene rings is 1. The minimum atomic E-state index is -2.78. The van der Waals surface area contributed by atoms with Gasteiger partial charge in [-0.25, -0.2) is 13.8 Å². The molecule has 0 spiro atoms. The van der Waals surface area contributed by atoms with Crippen molar-refractivity contribution in [3.8, 4) is 5.95 Å². The number of aromatic nitrogens is 5. The molecular weight excluding hydrogens is 396 g/mol. The number of hydrogen-bond acceptors (Lipinski definition) is 8. The summed E-state index contributed by atoms with van der Waals surface area (Å²) in [6.07, 6.45) is -1.94. The summed E-state index contributed by atoms with van der Waals surface area (Å²) >= 11 is 0. The van der Waals surface area contributed by atoms with Crippen molar-refractivity contribution in [1.82, 2.24) is 24.5 Å². The van der Waals surface area contributed by atoms with Gasteiger partial charge in [0.25, 0.3) is 6.43 Å². The second-order valence-electron chi connectivity index (χ2n) is 7.08. The molecule has 0 radical (unpaired) electrons. The van der Waals surface area contributed by atoms with Crippen molar-refractivity contribution < 1.29 is 18.3 Å². The number of morpholine rings is 1. The first-order valence-corrected chi connectivity index (χ1v) is 9.88. The summed E-state index contributed by atoms with van der Waals surface area (Å²) in [6.45, 7) is 4.08. The maximum absolute atomic E-state index is 13.8. The summed E-state index contributed by atoms with van der Waals surface area (Å²) in [6, 6.07) is 6.97. The third-order valence-corrected chi connectivity index (χ3v) is 5.12. The smallest absolute Gasteiger partial charge is 0.296 e. The Morgan fingerprint density at radius 3 is 2.27 bits per heavy atom. The van der Waals surface area contributed by atoms with Crippen LogP contribution in [0.15, 0.2) is 24.3 Å². The lowest BCUT2D eigenvalue weighted by Crippen LogP contribution is -2.39. The lowest BCUT2D eigenvalue weighted by molar-refractivity contribution is 0.106. The van der Waals surface area contributed by atoms with Crippen molar-refractivity contribution in [2.45, 2.75) is 12.8 Å². The number of anilines is 2. The molecule has 2 aliphatic rings. The molecule has 0 unspecified atom stereocenters. The Morgan fingerprint density at radius 2 is 1.53 bits per heavy atom. The number of alkyl halides is 2. The van der Waals surface area contributed by atoms with Crippen LogP contribution in [0.4, 0.5) is 20.7 Å². The largest absolute Gasteiger partial charge is 0.378 e. The molecule has 3 aromatic rings. The molecule has 2 saturated heterocycles. The summed E-state index contributed by atoms with van der Waals surface area (Å²) in [7, 11) is 0. The van der Waals surface area contributed by atoms with Gasteiger partial charge in [0.15, 0.2) is 5.82 Å². The highest BCUT2D eigenvalue weighted by molar-refractivity contribution is 5.77. The van der Waals surface area contributed by atoms with Gasteiger partial charge in [-0.05, 0) is 18.6 Å². The molecular formula is C19H21F2N7O2. The number of imidazole rings is 1. The van der Waals surface area contributed by atoms with Crippen LogP contribution < -0.4 is 9.80 Å². The average molecular weight is 417 g/mol. The maximum atomic E-state index is 13.8. The molecule has 2 aromatic heterocycles. The number of hydrogen-bond donors (Lipinski definition) is 0. The van der Waals surface area contributed by atoms with Crippen LogP contribution in [0.25, 0.3) is 17.0 Å². The number of ether oxygens (including phenoxy) is 2. The van der Waals surface area contributed by atoms with E-state index >= 15 is 0 Å². The van der Waals surface area contributed by atoms with E-state index < -0.39 is 12.2 Å². The Morgan fingerprint density at radius 1 is 0.800 bits per heavy atom. The Hall–Kier alpha value is -2.92. The summed E-state index contributed by atoms with van der Waals surface area (Å²) in [4.78, 5) is 21.7. The van der Waals surface area contributed by atoms with Crippen molar-refractivity contribution in [3.05, 3.63) is 30.1 Å². The standard InChI is InChI=1S/C19H21F2N7O2/c20-15(21)16-22-13-4-1-2-5-14(13)28(16)19-24-17(26-7-10-29-11-8-26)23-18(25-19)27-6-3-9-30-12-27/h1-2,4-5,15H,3,6-12H2. The summed E-state index contributed by atoms with van der Waals surface area (Å²) in [5, 5.41) is 0. The van der Waals surface area contributed by atoms with Crippen molar-refractivity contribution in [1.29, 1.82) is 0 Å². The van der Waals surface area contributed by atoms with Gasteiger partial charge in [0, 0.05) is 19.6 Å². The highest BCUT2D eigenvalue weighted by Crippen LogP contribution is 2.28. The molecule has 5 rings (SSSR count). The first kappa shape index (κ1) is 19.1. The van der Waals surface area contributed by atoms with Gasteiger partial charge in [0.1, 0.15) is 6.73 Å². The summed E-state index contributed by atoms with van der Waals surface area (Å²) in [5.74, 6) is 0.563. The lowest BCUT2D eigenvalue weighted by atomic mass is 10.3. The Labute approximate surface area is 171 Å². The van der Waals surface area contributed by atoms with Gasteiger partial charge in [-0.2, -0.15) is 15.0 Å². The van der Waals surface area contributed by atoms with E-state index in [2.05, 4.69) is 19.9 Å². The van der Waals surface area contributed by atoms with Crippen LogP contribution in [-0.4, -0.2) is 70.7 Å². The Kier molecular flexibility index (Phi) is 5.13. The SMILES string of the molecule is FC(F)c1nc2ccccc2n1-c1nc(N2CCOCC2)nc(N2CCCOC2)n1. The molecule has 158 valence electrons. The topological polar surface area (TPSA) is 81.4 Å². The second kappa shape index (κ2) is 8.07. The van der Waals surface area contributed by atoms with Crippen LogP contribution in [-0.2, 0) is 9.47 Å². The van der Waals surface area contributed by atoms with E-state index in [0.717, 1.165) is 13.0 Å². The summed E-state index contributed by atoms with van der Waals surface area (Å²) < 4.78 is 40.0. The van der Waals surface area contributed by atoms with Crippen molar-refractivity contribution in [2.24, 2.45) is 0 Å². The zero-order valence-corrected chi connectivity index (χ0v) is 16.2. The first-order chi connectivity index (χ1) is 14.7. The van der Waals surface area contributed by atoms with Gasteiger partial charge in [0.2, 0.25) is 17.8 Å². The number of fused-ring (bicyclic) bond motifs is 1. The molecule has 2 fully saturated rings. The van der Waals surface area contributed by atoms with E-state index in [1.807, 2.05) is 9.80 Å². The van der Waals surface area contributed by atoms with Crippen molar-refractivity contribution in [3.63, 3.8) is 0 Å². The monoisotopic (exact) mass is 417 g/mol. The molecule has 0 amide bonds. The predicted molar refractivity (Wildman–Crippen MR) is 105 cm³/mol. The molecule has 11 heteroatoms. The van der Waals surface area contributed by atoms with Crippen LogP contribution in [0.2, 0.25) is 0 Å². The molecule has 0 aliphatic carbocycles. The normalized spacial score (nSPS) is 17.8. The molecule has 9 nitrogen and oxygen atoms in total. The van der Waals surface area contributed by atoms with Gasteiger partial charge >= 0.3 is 0 Å². The summed E-state index contributed by atoms with van der Waals surface area (Å²) in [5.41, 5.74) is 0.983. The van der Waals surface area contributed by atoms with E-state index in [4.69, 9.17) is 9.47 Å². The lowest BCUT2D eigenvalue weighted by Gasteiger charge is -2.30. The molecule has 0 N–H and O–H groups in total. The van der Waals surface area contributed by atoms with E-state index in [1.165, 1.54) is 4.57 Å². The van der Waals surface area contributed by atoms with Crippen molar-refractivity contribution >= 4 is 22.9 Å². The molecule has 0 bridgehead atoms. The number of rotatable bonds is 4. The van der Waals surface area contributed by atoms with E-state index in [0.29, 0.717) is 62.6 Å². The van der Waals surface area contributed by atoms with E-state index in [1.54, 1.807) is 24.3 Å². The molecule has 0 saturated carbocycles. The zero-order valence-electron chi connectivity index (χ0n) is 16.2. The Balaban J connectivity index is 1.67. The van der Waals surface area contributed by atoms with Gasteiger partial charge in [-0.3, -0.25) is 4.57 Å². The number of nitrogens with zero attached hydrogens (tertiary/aromatic N) is 7. The minimum Gasteiger partial charge on any atom is -0.378 e. The van der Waals surface area contributed by atoms with Crippen LogP contribution in [0.1, 0.15) is 18.7 Å². The number of para-hydroxylation sites is 2. The van der Waals surface area contributed by atoms with Crippen LogP contribution in [0.5, 0.6) is 0 Å². The third kappa shape index (κ3) is 3.54. The van der Waals surface area contributed by atoms with Crippen LogP contribution in [0, 0.1) is 0 Å². The minimum absolute atomic E-state index is 0.121. The first-order valence-electron chi connectivity index (χ1n) is 9.88. The Bertz CT molecular complexity index is 997. The number of halogens is 2. The average Bonchev–Trinajstić information content (AvgIpc) is 3.20. The van der Waals surface area contributed by atoms with Crippen LogP contribution >= 0.6 is 0 Å². The second-order valence-corrected chi connectivity index (χ2v) is 7.08. The molecule has 30 heavy (non-hydrogen) atoms. The molecule has 1 aromatic carbocycles. The third-order valence-electron chi connectivity index (χ3n) is 5.12. The highest BCUT2D eigenvalue weighted by atomic mass is 19.3. The molecule has 0 atom stereocenters.